The van der Waals surface area contributed by atoms with E-state index in [9.17, 15) is 0 Å². The fraction of sp³-hybridized carbons (Fsp3) is 0.176. The third-order valence-corrected chi connectivity index (χ3v) is 3.15. The smallest absolute Gasteiger partial charge is 0.247 e. The topological polar surface area (TPSA) is 48.2 Å². The molecule has 0 aliphatic heterocycles. The molecule has 0 saturated heterocycles. The number of hydrogen-bond donors (Lipinski definition) is 0. The summed E-state index contributed by atoms with van der Waals surface area (Å²) in [5.41, 5.74) is 2.05. The zero-order valence-electron chi connectivity index (χ0n) is 11.8. The van der Waals surface area contributed by atoms with Crippen LogP contribution in [0, 0.1) is 6.92 Å². The minimum absolute atomic E-state index is 0.515. The number of ether oxygens (including phenoxy) is 1. The van der Waals surface area contributed by atoms with Gasteiger partial charge in [0, 0.05) is 5.56 Å². The summed E-state index contributed by atoms with van der Waals surface area (Å²) in [5.74, 6) is 2.02. The van der Waals surface area contributed by atoms with Gasteiger partial charge < -0.3 is 9.15 Å². The van der Waals surface area contributed by atoms with Crippen molar-refractivity contribution in [2.75, 3.05) is 6.61 Å². The molecule has 3 rings (SSSR count). The van der Waals surface area contributed by atoms with E-state index in [1.165, 1.54) is 0 Å². The molecule has 106 valence electrons. The van der Waals surface area contributed by atoms with E-state index in [1.54, 1.807) is 0 Å². The van der Waals surface area contributed by atoms with Gasteiger partial charge in [0.25, 0.3) is 0 Å². The minimum Gasteiger partial charge on any atom is -0.493 e. The van der Waals surface area contributed by atoms with Crippen molar-refractivity contribution in [2.24, 2.45) is 0 Å². The lowest BCUT2D eigenvalue weighted by Gasteiger charge is -2.06. The lowest BCUT2D eigenvalue weighted by molar-refractivity contribution is 0.305. The Hall–Kier alpha value is -2.62. The van der Waals surface area contributed by atoms with Gasteiger partial charge in [-0.25, -0.2) is 0 Å². The first-order chi connectivity index (χ1) is 10.3. The summed E-state index contributed by atoms with van der Waals surface area (Å²) in [6.45, 7) is 2.54. The molecule has 1 heterocycles. The van der Waals surface area contributed by atoms with Crippen molar-refractivity contribution >= 4 is 0 Å². The second-order valence-corrected chi connectivity index (χ2v) is 4.73. The molecule has 0 saturated carbocycles. The van der Waals surface area contributed by atoms with Gasteiger partial charge in [-0.3, -0.25) is 0 Å². The van der Waals surface area contributed by atoms with Crippen molar-refractivity contribution in [2.45, 2.75) is 13.3 Å². The average molecular weight is 280 g/mol. The predicted molar refractivity (Wildman–Crippen MR) is 80.1 cm³/mol. The number of hydrogen-bond acceptors (Lipinski definition) is 4. The molecule has 0 amide bonds. The second-order valence-electron chi connectivity index (χ2n) is 4.73. The summed E-state index contributed by atoms with van der Waals surface area (Å²) >= 11 is 0. The van der Waals surface area contributed by atoms with E-state index in [0.29, 0.717) is 24.8 Å². The molecular formula is C17H16N2O2. The molecule has 0 radical (unpaired) electrons. The van der Waals surface area contributed by atoms with Crippen molar-refractivity contribution in [1.82, 2.24) is 10.2 Å². The van der Waals surface area contributed by atoms with Crippen LogP contribution in [-0.4, -0.2) is 16.8 Å². The van der Waals surface area contributed by atoms with Crippen LogP contribution in [-0.2, 0) is 6.42 Å². The fourth-order valence-electron chi connectivity index (χ4n) is 2.02. The third-order valence-electron chi connectivity index (χ3n) is 3.15. The summed E-state index contributed by atoms with van der Waals surface area (Å²) in [4.78, 5) is 0. The van der Waals surface area contributed by atoms with Gasteiger partial charge in [-0.2, -0.15) is 0 Å². The van der Waals surface area contributed by atoms with Crippen molar-refractivity contribution in [3.8, 4) is 17.2 Å². The summed E-state index contributed by atoms with van der Waals surface area (Å²) in [6.07, 6.45) is 0.591. The number of nitrogens with zero attached hydrogens (tertiary/aromatic N) is 2. The van der Waals surface area contributed by atoms with E-state index in [-0.39, 0.29) is 0 Å². The van der Waals surface area contributed by atoms with E-state index in [2.05, 4.69) is 10.2 Å². The van der Waals surface area contributed by atoms with Crippen LogP contribution in [0.5, 0.6) is 5.75 Å². The number of aryl methyl sites for hydroxylation is 1. The monoisotopic (exact) mass is 280 g/mol. The van der Waals surface area contributed by atoms with Crippen LogP contribution < -0.4 is 4.74 Å². The number of para-hydroxylation sites is 1. The molecule has 1 aromatic heterocycles. The van der Waals surface area contributed by atoms with E-state index < -0.39 is 0 Å². The van der Waals surface area contributed by atoms with Gasteiger partial charge in [-0.05, 0) is 30.7 Å². The summed E-state index contributed by atoms with van der Waals surface area (Å²) in [7, 11) is 0. The quantitative estimate of drug-likeness (QED) is 0.715. The normalized spacial score (nSPS) is 10.5. The first-order valence-electron chi connectivity index (χ1n) is 6.89. The highest BCUT2D eigenvalue weighted by Crippen LogP contribution is 2.18. The molecule has 21 heavy (non-hydrogen) atoms. The maximum absolute atomic E-state index is 5.73. The van der Waals surface area contributed by atoms with E-state index in [1.807, 2.05) is 61.5 Å². The predicted octanol–water partition coefficient (Wildman–Crippen LogP) is 3.67. The van der Waals surface area contributed by atoms with Crippen LogP contribution in [0.1, 0.15) is 11.5 Å². The van der Waals surface area contributed by atoms with Gasteiger partial charge in [-0.1, -0.05) is 36.4 Å². The molecular weight excluding hydrogens is 264 g/mol. The average Bonchev–Trinajstić information content (AvgIpc) is 2.99. The number of rotatable bonds is 5. The lowest BCUT2D eigenvalue weighted by atomic mass is 10.2. The standard InChI is InChI=1S/C17H16N2O2/c1-13-7-5-6-10-15(13)20-12-11-16-18-19-17(21-16)14-8-3-2-4-9-14/h2-10H,11-12H2,1H3. The molecule has 2 aromatic carbocycles. The number of aromatic nitrogens is 2. The molecule has 0 fully saturated rings. The maximum Gasteiger partial charge on any atom is 0.247 e. The SMILES string of the molecule is Cc1ccccc1OCCc1nnc(-c2ccccc2)o1. The molecule has 3 aromatic rings. The Balaban J connectivity index is 1.60. The second kappa shape index (κ2) is 6.22. The molecule has 0 unspecified atom stereocenters. The molecule has 0 atom stereocenters. The molecule has 0 spiro atoms. The Bertz CT molecular complexity index is 708. The summed E-state index contributed by atoms with van der Waals surface area (Å²) in [6, 6.07) is 17.7. The minimum atomic E-state index is 0.515. The Morgan fingerprint density at radius 3 is 2.52 bits per heavy atom. The van der Waals surface area contributed by atoms with Gasteiger partial charge in [0.2, 0.25) is 11.8 Å². The molecule has 0 bridgehead atoms. The first kappa shape index (κ1) is 13.4. The Kier molecular flexibility index (Phi) is 3.96. The fourth-order valence-corrected chi connectivity index (χ4v) is 2.02. The van der Waals surface area contributed by atoms with Gasteiger partial charge in [0.05, 0.1) is 13.0 Å². The molecule has 4 heteroatoms. The summed E-state index contributed by atoms with van der Waals surface area (Å²) in [5, 5.41) is 8.11. The van der Waals surface area contributed by atoms with Gasteiger partial charge in [-0.15, -0.1) is 10.2 Å². The first-order valence-corrected chi connectivity index (χ1v) is 6.89. The van der Waals surface area contributed by atoms with Gasteiger partial charge in [0.1, 0.15) is 5.75 Å². The van der Waals surface area contributed by atoms with Crippen molar-refractivity contribution in [1.29, 1.82) is 0 Å². The number of benzene rings is 2. The highest BCUT2D eigenvalue weighted by atomic mass is 16.5. The zero-order valence-corrected chi connectivity index (χ0v) is 11.8. The summed E-state index contributed by atoms with van der Waals surface area (Å²) < 4.78 is 11.4. The lowest BCUT2D eigenvalue weighted by Crippen LogP contribution is -2.02. The maximum atomic E-state index is 5.73. The molecule has 0 N–H and O–H groups in total. The highest BCUT2D eigenvalue weighted by Gasteiger charge is 2.08. The van der Waals surface area contributed by atoms with Crippen LogP contribution in [0.15, 0.2) is 59.0 Å². The van der Waals surface area contributed by atoms with E-state index in [4.69, 9.17) is 9.15 Å². The van der Waals surface area contributed by atoms with Crippen LogP contribution in [0.25, 0.3) is 11.5 Å². The van der Waals surface area contributed by atoms with Crippen molar-refractivity contribution in [3.63, 3.8) is 0 Å². The van der Waals surface area contributed by atoms with Crippen LogP contribution in [0.2, 0.25) is 0 Å². The molecule has 4 nitrogen and oxygen atoms in total. The highest BCUT2D eigenvalue weighted by molar-refractivity contribution is 5.51. The Morgan fingerprint density at radius 2 is 1.71 bits per heavy atom. The van der Waals surface area contributed by atoms with Gasteiger partial charge in [0.15, 0.2) is 0 Å². The van der Waals surface area contributed by atoms with E-state index >= 15 is 0 Å². The van der Waals surface area contributed by atoms with Crippen LogP contribution in [0.4, 0.5) is 0 Å². The van der Waals surface area contributed by atoms with Gasteiger partial charge >= 0.3 is 0 Å². The van der Waals surface area contributed by atoms with E-state index in [0.717, 1.165) is 16.9 Å². The van der Waals surface area contributed by atoms with Crippen LogP contribution in [0.3, 0.4) is 0 Å². The Morgan fingerprint density at radius 1 is 0.952 bits per heavy atom. The largest absolute Gasteiger partial charge is 0.493 e. The Labute approximate surface area is 123 Å². The van der Waals surface area contributed by atoms with Crippen molar-refractivity contribution < 1.29 is 9.15 Å². The molecule has 0 aliphatic carbocycles. The van der Waals surface area contributed by atoms with Crippen molar-refractivity contribution in [3.05, 3.63) is 66.1 Å². The van der Waals surface area contributed by atoms with Crippen LogP contribution >= 0.6 is 0 Å². The zero-order chi connectivity index (χ0) is 14.5. The molecule has 0 aliphatic rings. The third kappa shape index (κ3) is 3.28.